The summed E-state index contributed by atoms with van der Waals surface area (Å²) in [5, 5.41) is 0.527. The fraction of sp³-hybridized carbons (Fsp3) is 1.00. The van der Waals surface area contributed by atoms with Gasteiger partial charge in [0.25, 0.3) is 5.02 Å². The normalized spacial score (nSPS) is 13.7. The van der Waals surface area contributed by atoms with Gasteiger partial charge in [0.1, 0.15) is 14.5 Å². The van der Waals surface area contributed by atoms with Crippen LogP contribution < -0.4 is 0 Å². The smallest absolute Gasteiger partial charge is 0.264 e. The van der Waals surface area contributed by atoms with Crippen molar-refractivity contribution in [2.45, 2.75) is 131 Å². The largest absolute Gasteiger partial charge is 0.283 e. The van der Waals surface area contributed by atoms with Crippen LogP contribution in [0.5, 0.6) is 0 Å². The average molecular weight is 491 g/mol. The fourth-order valence-electron chi connectivity index (χ4n) is 6.43. The highest BCUT2D eigenvalue weighted by Gasteiger charge is 2.75. The quantitative estimate of drug-likeness (QED) is 0.111. The molecule has 0 aromatic heterocycles. The molecular weight excluding hydrogens is 424 g/mol. The van der Waals surface area contributed by atoms with Gasteiger partial charge in [0.15, 0.2) is 0 Å². The lowest BCUT2D eigenvalue weighted by molar-refractivity contribution is -0.891. The van der Waals surface area contributed by atoms with Crippen LogP contribution in [-0.4, -0.2) is 67.6 Å². The van der Waals surface area contributed by atoms with Crippen LogP contribution in [0.3, 0.4) is 0 Å². The third-order valence-electron chi connectivity index (χ3n) is 8.71. The van der Waals surface area contributed by atoms with Crippen molar-refractivity contribution in [1.82, 2.24) is 0 Å². The molecule has 32 heavy (non-hydrogen) atoms. The number of hydrogen-bond donors (Lipinski definition) is 0. The standard InChI is InChI=1S/C29H66NP2/c1-11-17-23-31(24-18-12-2,25-19-13-3)29(7,30(8,9)10)32(26-20-14-4,27-21-15-5)28-22-16-6/h11-28H2,1-10H3/q+3. The molecule has 0 atom stereocenters. The monoisotopic (exact) mass is 490 g/mol. The highest BCUT2D eigenvalue weighted by molar-refractivity contribution is 7.94. The molecule has 1 nitrogen and oxygen atoms in total. The van der Waals surface area contributed by atoms with Gasteiger partial charge >= 0.3 is 0 Å². The Labute approximate surface area is 207 Å². The van der Waals surface area contributed by atoms with Gasteiger partial charge in [0.2, 0.25) is 0 Å². The van der Waals surface area contributed by atoms with Crippen molar-refractivity contribution < 1.29 is 4.48 Å². The summed E-state index contributed by atoms with van der Waals surface area (Å²) in [4.78, 5) is 0. The molecule has 0 aromatic rings. The van der Waals surface area contributed by atoms with Crippen LogP contribution >= 0.6 is 14.5 Å². The minimum absolute atomic E-state index is 0.527. The molecule has 0 unspecified atom stereocenters. The van der Waals surface area contributed by atoms with Gasteiger partial charge in [0.05, 0.1) is 65.0 Å². The number of quaternary nitrogens is 1. The highest BCUT2D eigenvalue weighted by atomic mass is 31.2. The Balaban J connectivity index is 7.06. The van der Waals surface area contributed by atoms with E-state index in [1.807, 2.05) is 0 Å². The van der Waals surface area contributed by atoms with Crippen LogP contribution in [0.25, 0.3) is 0 Å². The van der Waals surface area contributed by atoms with E-state index < -0.39 is 14.5 Å². The van der Waals surface area contributed by atoms with Gasteiger partial charge in [-0.1, -0.05) is 80.1 Å². The first-order valence-electron chi connectivity index (χ1n) is 14.7. The van der Waals surface area contributed by atoms with Crippen LogP contribution in [-0.2, 0) is 0 Å². The SMILES string of the molecule is CCCC[P+](CCCC)(CCCC)C(C)([N+](C)(C)C)[P+](CCCC)(CCCC)CCCC. The van der Waals surface area contributed by atoms with Crippen LogP contribution in [0.1, 0.15) is 126 Å². The van der Waals surface area contributed by atoms with Crippen molar-refractivity contribution in [3.63, 3.8) is 0 Å². The van der Waals surface area contributed by atoms with Crippen LogP contribution in [0.2, 0.25) is 0 Å². The molecule has 0 fully saturated rings. The van der Waals surface area contributed by atoms with Gasteiger partial charge in [-0.3, -0.25) is 4.48 Å². The highest BCUT2D eigenvalue weighted by Crippen LogP contribution is 2.89. The molecule has 0 aliphatic heterocycles. The molecule has 0 aliphatic carbocycles. The molecule has 0 saturated heterocycles. The van der Waals surface area contributed by atoms with Gasteiger partial charge in [-0.25, -0.2) is 0 Å². The first-order valence-corrected chi connectivity index (χ1v) is 19.3. The van der Waals surface area contributed by atoms with E-state index in [9.17, 15) is 0 Å². The van der Waals surface area contributed by atoms with Crippen molar-refractivity contribution in [3.8, 4) is 0 Å². The average Bonchev–Trinajstić information content (AvgIpc) is 2.77. The Bertz CT molecular complexity index is 379. The topological polar surface area (TPSA) is 0 Å². The maximum atomic E-state index is 2.90. The molecular formula is C29H66NP2+3. The summed E-state index contributed by atoms with van der Waals surface area (Å²) in [6.07, 6.45) is 26.4. The lowest BCUT2D eigenvalue weighted by Crippen LogP contribution is -2.60. The van der Waals surface area contributed by atoms with Crippen molar-refractivity contribution in [1.29, 1.82) is 0 Å². The Kier molecular flexibility index (Phi) is 16.9. The first-order chi connectivity index (χ1) is 15.1. The molecule has 0 heterocycles. The zero-order chi connectivity index (χ0) is 24.7. The maximum Gasteiger partial charge on any atom is 0.283 e. The van der Waals surface area contributed by atoms with E-state index in [1.54, 1.807) is 37.0 Å². The molecule has 0 radical (unpaired) electrons. The molecule has 194 valence electrons. The van der Waals surface area contributed by atoms with Gasteiger partial charge in [0, 0.05) is 0 Å². The van der Waals surface area contributed by atoms with Crippen LogP contribution in [0, 0.1) is 0 Å². The Morgan fingerprint density at radius 3 is 0.750 bits per heavy atom. The number of nitrogens with zero attached hydrogens (tertiary/aromatic N) is 1. The summed E-state index contributed by atoms with van der Waals surface area (Å²) in [6.45, 7) is 17.5. The molecule has 0 rings (SSSR count). The molecule has 0 spiro atoms. The molecule has 0 N–H and O–H groups in total. The van der Waals surface area contributed by atoms with Crippen molar-refractivity contribution >= 4 is 14.5 Å². The van der Waals surface area contributed by atoms with Gasteiger partial charge in [-0.15, -0.1) is 0 Å². The second kappa shape index (κ2) is 16.5. The molecule has 3 heteroatoms. The minimum atomic E-state index is -1.11. The second-order valence-electron chi connectivity index (χ2n) is 11.7. The zero-order valence-electron chi connectivity index (χ0n) is 24.6. The zero-order valence-corrected chi connectivity index (χ0v) is 26.4. The van der Waals surface area contributed by atoms with E-state index in [4.69, 9.17) is 0 Å². The van der Waals surface area contributed by atoms with Gasteiger partial charge < -0.3 is 0 Å². The van der Waals surface area contributed by atoms with E-state index >= 15 is 0 Å². The van der Waals surface area contributed by atoms with E-state index in [1.165, 1.54) is 81.5 Å². The van der Waals surface area contributed by atoms with E-state index in [2.05, 4.69) is 69.6 Å². The number of rotatable bonds is 21. The first kappa shape index (κ1) is 32.8. The molecule has 0 saturated carbocycles. The summed E-state index contributed by atoms with van der Waals surface area (Å²) < 4.78 is 1.23. The number of unbranched alkanes of at least 4 members (excludes halogenated alkanes) is 6. The summed E-state index contributed by atoms with van der Waals surface area (Å²) in [6, 6.07) is 0. The van der Waals surface area contributed by atoms with Crippen LogP contribution in [0.15, 0.2) is 0 Å². The summed E-state index contributed by atoms with van der Waals surface area (Å²) in [7, 11) is 5.65. The van der Waals surface area contributed by atoms with Crippen molar-refractivity contribution in [2.75, 3.05) is 58.1 Å². The van der Waals surface area contributed by atoms with E-state index in [0.29, 0.717) is 5.02 Å². The van der Waals surface area contributed by atoms with E-state index in [-0.39, 0.29) is 0 Å². The lowest BCUT2D eigenvalue weighted by Gasteiger charge is -2.55. The van der Waals surface area contributed by atoms with Crippen molar-refractivity contribution in [2.24, 2.45) is 0 Å². The predicted molar refractivity (Wildman–Crippen MR) is 159 cm³/mol. The van der Waals surface area contributed by atoms with Gasteiger partial charge in [-0.05, 0) is 38.5 Å². The Morgan fingerprint density at radius 1 is 0.438 bits per heavy atom. The summed E-state index contributed by atoms with van der Waals surface area (Å²) in [5.41, 5.74) is 0. The second-order valence-corrected chi connectivity index (χ2v) is 21.1. The molecule has 0 bridgehead atoms. The van der Waals surface area contributed by atoms with Crippen LogP contribution in [0.4, 0.5) is 0 Å². The molecule has 0 amide bonds. The lowest BCUT2D eigenvalue weighted by atomic mass is 10.4. The Hall–Kier alpha value is 0.820. The van der Waals surface area contributed by atoms with Gasteiger partial charge in [-0.2, -0.15) is 0 Å². The number of hydrogen-bond acceptors (Lipinski definition) is 0. The third-order valence-corrected chi connectivity index (χ3v) is 23.1. The molecule has 0 aromatic carbocycles. The summed E-state index contributed by atoms with van der Waals surface area (Å²) >= 11 is 0. The Morgan fingerprint density at radius 2 is 0.625 bits per heavy atom. The maximum absolute atomic E-state index is 2.90. The predicted octanol–water partition coefficient (Wildman–Crippen LogP) is 10.2. The summed E-state index contributed by atoms with van der Waals surface area (Å²) in [5.74, 6) is 0. The van der Waals surface area contributed by atoms with Crippen molar-refractivity contribution in [3.05, 3.63) is 0 Å². The third kappa shape index (κ3) is 8.20. The fourth-order valence-corrected chi connectivity index (χ4v) is 23.8. The molecule has 0 aliphatic rings. The minimum Gasteiger partial charge on any atom is -0.264 e. The van der Waals surface area contributed by atoms with E-state index in [0.717, 1.165) is 0 Å².